The van der Waals surface area contributed by atoms with E-state index in [4.69, 9.17) is 0 Å². The second-order valence-electron chi connectivity index (χ2n) is 4.93. The molecule has 2 aliphatic rings. The second kappa shape index (κ2) is 3.21. The maximum atomic E-state index is 11.9. The summed E-state index contributed by atoms with van der Waals surface area (Å²) in [5, 5.41) is 12.7. The first-order valence-electron chi connectivity index (χ1n) is 5.21. The lowest BCUT2D eigenvalue weighted by atomic mass is 9.91. The molecular formula is C10H18N2O2. The Balaban J connectivity index is 1.90. The number of likely N-dealkylation sites (tertiary alicyclic amines) is 1. The van der Waals surface area contributed by atoms with Crippen LogP contribution in [0.2, 0.25) is 0 Å². The van der Waals surface area contributed by atoms with Crippen LogP contribution in [0.4, 0.5) is 0 Å². The fourth-order valence-corrected chi connectivity index (χ4v) is 2.31. The zero-order valence-corrected chi connectivity index (χ0v) is 8.79. The summed E-state index contributed by atoms with van der Waals surface area (Å²) < 4.78 is 0. The van der Waals surface area contributed by atoms with Gasteiger partial charge >= 0.3 is 0 Å². The van der Waals surface area contributed by atoms with Gasteiger partial charge in [0.1, 0.15) is 0 Å². The van der Waals surface area contributed by atoms with Crippen molar-refractivity contribution in [1.82, 2.24) is 10.2 Å². The van der Waals surface area contributed by atoms with Gasteiger partial charge in [-0.1, -0.05) is 6.92 Å². The summed E-state index contributed by atoms with van der Waals surface area (Å²) in [6, 6.07) is 0. The number of nitrogens with one attached hydrogen (secondary N) is 1. The van der Waals surface area contributed by atoms with E-state index in [0.29, 0.717) is 19.0 Å². The molecular weight excluding hydrogens is 180 g/mol. The first kappa shape index (κ1) is 9.93. The van der Waals surface area contributed by atoms with Crippen molar-refractivity contribution in [3.63, 3.8) is 0 Å². The van der Waals surface area contributed by atoms with Gasteiger partial charge in [-0.15, -0.1) is 0 Å². The summed E-state index contributed by atoms with van der Waals surface area (Å²) in [6.07, 6.45) is 0. The fourth-order valence-electron chi connectivity index (χ4n) is 2.31. The number of amides is 1. The average molecular weight is 198 g/mol. The smallest absolute Gasteiger partial charge is 0.227 e. The minimum atomic E-state index is -0.648. The minimum Gasteiger partial charge on any atom is -0.386 e. The summed E-state index contributed by atoms with van der Waals surface area (Å²) >= 11 is 0. The second-order valence-corrected chi connectivity index (χ2v) is 4.93. The van der Waals surface area contributed by atoms with E-state index >= 15 is 0 Å². The lowest BCUT2D eigenvalue weighted by Crippen LogP contribution is -2.63. The minimum absolute atomic E-state index is 0.117. The van der Waals surface area contributed by atoms with Crippen LogP contribution in [-0.4, -0.2) is 47.7 Å². The van der Waals surface area contributed by atoms with Crippen LogP contribution in [-0.2, 0) is 4.79 Å². The van der Waals surface area contributed by atoms with Crippen molar-refractivity contribution in [1.29, 1.82) is 0 Å². The van der Waals surface area contributed by atoms with Gasteiger partial charge in [0.2, 0.25) is 5.91 Å². The predicted octanol–water partition coefficient (Wildman–Crippen LogP) is -0.565. The number of nitrogens with zero attached hydrogens (tertiary/aromatic N) is 1. The van der Waals surface area contributed by atoms with E-state index in [-0.39, 0.29) is 11.8 Å². The van der Waals surface area contributed by atoms with Gasteiger partial charge in [0.15, 0.2) is 0 Å². The van der Waals surface area contributed by atoms with Gasteiger partial charge in [0, 0.05) is 6.54 Å². The Hall–Kier alpha value is -0.610. The van der Waals surface area contributed by atoms with Crippen molar-refractivity contribution in [2.45, 2.75) is 19.4 Å². The Morgan fingerprint density at radius 2 is 2.14 bits per heavy atom. The third-order valence-electron chi connectivity index (χ3n) is 3.21. The standard InChI is InChI=1S/C10H18N2O2/c1-7-3-11-4-8(7)9(13)12-5-10(2,14)6-12/h7-8,11,14H,3-6H2,1-2H3. The molecule has 0 aliphatic carbocycles. The van der Waals surface area contributed by atoms with Gasteiger partial charge in [-0.25, -0.2) is 0 Å². The van der Waals surface area contributed by atoms with Crippen molar-refractivity contribution in [3.05, 3.63) is 0 Å². The Morgan fingerprint density at radius 3 is 2.57 bits per heavy atom. The van der Waals surface area contributed by atoms with E-state index < -0.39 is 5.60 Å². The third kappa shape index (κ3) is 1.64. The zero-order chi connectivity index (χ0) is 10.3. The Kier molecular flexibility index (Phi) is 2.27. The molecule has 2 atom stereocenters. The van der Waals surface area contributed by atoms with Crippen molar-refractivity contribution in [2.75, 3.05) is 26.2 Å². The van der Waals surface area contributed by atoms with Crippen LogP contribution in [0.25, 0.3) is 0 Å². The maximum absolute atomic E-state index is 11.9. The molecule has 2 unspecified atom stereocenters. The molecule has 0 saturated carbocycles. The van der Waals surface area contributed by atoms with Crippen LogP contribution in [0.5, 0.6) is 0 Å². The van der Waals surface area contributed by atoms with Gasteiger partial charge in [-0.05, 0) is 19.4 Å². The molecule has 2 fully saturated rings. The molecule has 2 aliphatic heterocycles. The number of aliphatic hydroxyl groups is 1. The van der Waals surface area contributed by atoms with Crippen molar-refractivity contribution >= 4 is 5.91 Å². The molecule has 2 saturated heterocycles. The van der Waals surface area contributed by atoms with E-state index in [1.807, 2.05) is 0 Å². The van der Waals surface area contributed by atoms with Gasteiger partial charge in [0.05, 0.1) is 24.6 Å². The largest absolute Gasteiger partial charge is 0.386 e. The van der Waals surface area contributed by atoms with Crippen LogP contribution < -0.4 is 5.32 Å². The van der Waals surface area contributed by atoms with Crippen molar-refractivity contribution in [2.24, 2.45) is 11.8 Å². The molecule has 0 aromatic carbocycles. The molecule has 4 nitrogen and oxygen atoms in total. The summed E-state index contributed by atoms with van der Waals surface area (Å²) in [4.78, 5) is 13.7. The zero-order valence-electron chi connectivity index (χ0n) is 8.79. The van der Waals surface area contributed by atoms with E-state index in [0.717, 1.165) is 13.1 Å². The highest BCUT2D eigenvalue weighted by atomic mass is 16.3. The fraction of sp³-hybridized carbons (Fsp3) is 0.900. The molecule has 0 aromatic heterocycles. The third-order valence-corrected chi connectivity index (χ3v) is 3.21. The van der Waals surface area contributed by atoms with Crippen molar-refractivity contribution in [3.8, 4) is 0 Å². The predicted molar refractivity (Wildman–Crippen MR) is 52.7 cm³/mol. The molecule has 2 heterocycles. The summed E-state index contributed by atoms with van der Waals surface area (Å²) in [5.41, 5.74) is -0.648. The number of rotatable bonds is 1. The van der Waals surface area contributed by atoms with E-state index in [1.165, 1.54) is 0 Å². The molecule has 0 spiro atoms. The molecule has 2 rings (SSSR count). The summed E-state index contributed by atoms with van der Waals surface area (Å²) in [7, 11) is 0. The molecule has 0 radical (unpaired) electrons. The molecule has 0 bridgehead atoms. The monoisotopic (exact) mass is 198 g/mol. The van der Waals surface area contributed by atoms with E-state index in [9.17, 15) is 9.90 Å². The lowest BCUT2D eigenvalue weighted by Gasteiger charge is -2.45. The number of hydrogen-bond acceptors (Lipinski definition) is 3. The number of β-amino-alcohol motifs (C(OH)–C–C–N with tert-alkyl or cyclic N) is 1. The Morgan fingerprint density at radius 1 is 1.50 bits per heavy atom. The molecule has 4 heteroatoms. The van der Waals surface area contributed by atoms with Crippen LogP contribution in [0.1, 0.15) is 13.8 Å². The Bertz CT molecular complexity index is 245. The van der Waals surface area contributed by atoms with Gasteiger partial charge in [-0.2, -0.15) is 0 Å². The first-order chi connectivity index (χ1) is 6.49. The Labute approximate surface area is 84.3 Å². The van der Waals surface area contributed by atoms with Gasteiger partial charge in [0.25, 0.3) is 0 Å². The highest BCUT2D eigenvalue weighted by Crippen LogP contribution is 2.25. The highest BCUT2D eigenvalue weighted by Gasteiger charge is 2.43. The normalized spacial score (nSPS) is 35.5. The van der Waals surface area contributed by atoms with Crippen molar-refractivity contribution < 1.29 is 9.90 Å². The van der Waals surface area contributed by atoms with Crippen LogP contribution in [0.15, 0.2) is 0 Å². The van der Waals surface area contributed by atoms with Crippen LogP contribution >= 0.6 is 0 Å². The quantitative estimate of drug-likeness (QED) is 0.593. The van der Waals surface area contributed by atoms with E-state index in [2.05, 4.69) is 12.2 Å². The summed E-state index contributed by atoms with van der Waals surface area (Å²) in [5.74, 6) is 0.744. The highest BCUT2D eigenvalue weighted by molar-refractivity contribution is 5.80. The topological polar surface area (TPSA) is 52.6 Å². The molecule has 1 amide bonds. The van der Waals surface area contributed by atoms with E-state index in [1.54, 1.807) is 11.8 Å². The number of carbonyl (C=O) groups is 1. The average Bonchev–Trinajstić information content (AvgIpc) is 2.45. The van der Waals surface area contributed by atoms with Gasteiger partial charge in [-0.3, -0.25) is 4.79 Å². The molecule has 2 N–H and O–H groups in total. The number of carbonyl (C=O) groups excluding carboxylic acids is 1. The molecule has 80 valence electrons. The molecule has 0 aromatic rings. The van der Waals surface area contributed by atoms with Crippen LogP contribution in [0.3, 0.4) is 0 Å². The lowest BCUT2D eigenvalue weighted by molar-refractivity contribution is -0.157. The van der Waals surface area contributed by atoms with Gasteiger partial charge < -0.3 is 15.3 Å². The SMILES string of the molecule is CC1CNCC1C(=O)N1CC(C)(O)C1. The summed E-state index contributed by atoms with van der Waals surface area (Å²) in [6.45, 7) is 6.58. The molecule has 14 heavy (non-hydrogen) atoms. The first-order valence-corrected chi connectivity index (χ1v) is 5.21. The number of hydrogen-bond donors (Lipinski definition) is 2. The van der Waals surface area contributed by atoms with Crippen LogP contribution in [0, 0.1) is 11.8 Å². The maximum Gasteiger partial charge on any atom is 0.227 e.